The molecule has 0 radical (unpaired) electrons. The van der Waals surface area contributed by atoms with Gasteiger partial charge in [-0.2, -0.15) is 0 Å². The monoisotopic (exact) mass is 275 g/mol. The van der Waals surface area contributed by atoms with Crippen molar-refractivity contribution in [2.45, 2.75) is 46.7 Å². The standard InChI is InChI=1S/C15H21N3S/c1-10-6-7-12(11(2)8-10)14-13(19-18-17-14)9-16-15(3,4)5/h6-8,16H,9H2,1-5H3. The Labute approximate surface area is 119 Å². The lowest BCUT2D eigenvalue weighted by molar-refractivity contribution is 0.426. The van der Waals surface area contributed by atoms with Crippen molar-refractivity contribution >= 4 is 11.5 Å². The molecule has 0 aliphatic carbocycles. The number of hydrogen-bond acceptors (Lipinski definition) is 4. The van der Waals surface area contributed by atoms with Gasteiger partial charge in [0, 0.05) is 17.6 Å². The average molecular weight is 275 g/mol. The Bertz CT molecular complexity index is 567. The largest absolute Gasteiger partial charge is 0.307 e. The van der Waals surface area contributed by atoms with Crippen molar-refractivity contribution in [2.75, 3.05) is 0 Å². The van der Waals surface area contributed by atoms with Crippen LogP contribution in [0.4, 0.5) is 0 Å². The molecule has 1 aromatic carbocycles. The number of rotatable bonds is 3. The van der Waals surface area contributed by atoms with Gasteiger partial charge in [-0.3, -0.25) is 0 Å². The Morgan fingerprint density at radius 2 is 1.95 bits per heavy atom. The highest BCUT2D eigenvalue weighted by molar-refractivity contribution is 7.05. The van der Waals surface area contributed by atoms with E-state index in [0.29, 0.717) is 0 Å². The van der Waals surface area contributed by atoms with Gasteiger partial charge in [-0.05, 0) is 51.7 Å². The Kier molecular flexibility index (Phi) is 4.02. The highest BCUT2D eigenvalue weighted by Crippen LogP contribution is 2.27. The lowest BCUT2D eigenvalue weighted by atomic mass is 10.0. The second-order valence-electron chi connectivity index (χ2n) is 5.97. The summed E-state index contributed by atoms with van der Waals surface area (Å²) in [5.74, 6) is 0. The number of nitrogens with one attached hydrogen (secondary N) is 1. The summed E-state index contributed by atoms with van der Waals surface area (Å²) in [6.07, 6.45) is 0. The average Bonchev–Trinajstić information content (AvgIpc) is 2.73. The highest BCUT2D eigenvalue weighted by atomic mass is 32.1. The number of nitrogens with zero attached hydrogens (tertiary/aromatic N) is 2. The topological polar surface area (TPSA) is 37.8 Å². The third kappa shape index (κ3) is 3.61. The van der Waals surface area contributed by atoms with Gasteiger partial charge in [0.15, 0.2) is 0 Å². The minimum atomic E-state index is 0.101. The summed E-state index contributed by atoms with van der Waals surface area (Å²) >= 11 is 1.47. The lowest BCUT2D eigenvalue weighted by Crippen LogP contribution is -2.34. The first-order chi connectivity index (χ1) is 8.87. The fraction of sp³-hybridized carbons (Fsp3) is 0.467. The van der Waals surface area contributed by atoms with E-state index in [0.717, 1.165) is 12.2 Å². The van der Waals surface area contributed by atoms with Crippen molar-refractivity contribution in [3.63, 3.8) is 0 Å². The van der Waals surface area contributed by atoms with Crippen LogP contribution in [0, 0.1) is 13.8 Å². The predicted octanol–water partition coefficient (Wildman–Crippen LogP) is 3.71. The summed E-state index contributed by atoms with van der Waals surface area (Å²) in [6.45, 7) is 11.5. The summed E-state index contributed by atoms with van der Waals surface area (Å²) in [5, 5.41) is 7.80. The molecule has 0 spiro atoms. The summed E-state index contributed by atoms with van der Waals surface area (Å²) in [4.78, 5) is 1.20. The molecule has 0 saturated heterocycles. The fourth-order valence-electron chi connectivity index (χ4n) is 1.95. The molecule has 0 aliphatic heterocycles. The second kappa shape index (κ2) is 5.39. The van der Waals surface area contributed by atoms with Gasteiger partial charge in [-0.1, -0.05) is 28.3 Å². The maximum atomic E-state index is 4.31. The van der Waals surface area contributed by atoms with Crippen molar-refractivity contribution in [1.82, 2.24) is 14.9 Å². The Balaban J connectivity index is 2.28. The van der Waals surface area contributed by atoms with Gasteiger partial charge >= 0.3 is 0 Å². The van der Waals surface area contributed by atoms with Gasteiger partial charge in [0.25, 0.3) is 0 Å². The van der Waals surface area contributed by atoms with Crippen LogP contribution in [-0.4, -0.2) is 15.1 Å². The van der Waals surface area contributed by atoms with Crippen molar-refractivity contribution in [1.29, 1.82) is 0 Å². The smallest absolute Gasteiger partial charge is 0.110 e. The third-order valence-corrected chi connectivity index (χ3v) is 3.69. The van der Waals surface area contributed by atoms with Crippen LogP contribution < -0.4 is 5.32 Å². The van der Waals surface area contributed by atoms with Gasteiger partial charge in [-0.15, -0.1) is 5.10 Å². The zero-order chi connectivity index (χ0) is 14.0. The van der Waals surface area contributed by atoms with Gasteiger partial charge in [0.05, 0.1) is 4.88 Å². The fourth-order valence-corrected chi connectivity index (χ4v) is 2.55. The zero-order valence-electron chi connectivity index (χ0n) is 12.2. The molecule has 0 fully saturated rings. The Morgan fingerprint density at radius 1 is 1.21 bits per heavy atom. The molecule has 1 aromatic heterocycles. The van der Waals surface area contributed by atoms with Crippen LogP contribution in [0.25, 0.3) is 11.3 Å². The Hall–Kier alpha value is -1.26. The van der Waals surface area contributed by atoms with Crippen LogP contribution in [0.15, 0.2) is 18.2 Å². The quantitative estimate of drug-likeness (QED) is 0.928. The molecule has 0 amide bonds. The molecule has 0 unspecified atom stereocenters. The summed E-state index contributed by atoms with van der Waals surface area (Å²) in [7, 11) is 0. The first-order valence-corrected chi connectivity index (χ1v) is 7.28. The van der Waals surface area contributed by atoms with E-state index in [1.54, 1.807) is 0 Å². The van der Waals surface area contributed by atoms with E-state index in [4.69, 9.17) is 0 Å². The maximum Gasteiger partial charge on any atom is 0.110 e. The van der Waals surface area contributed by atoms with Crippen LogP contribution in [-0.2, 0) is 6.54 Å². The van der Waals surface area contributed by atoms with Gasteiger partial charge < -0.3 is 5.32 Å². The Morgan fingerprint density at radius 3 is 2.58 bits per heavy atom. The second-order valence-corrected chi connectivity index (χ2v) is 6.81. The van der Waals surface area contributed by atoms with Gasteiger partial charge in [0.1, 0.15) is 5.69 Å². The van der Waals surface area contributed by atoms with Gasteiger partial charge in [0.2, 0.25) is 0 Å². The molecule has 0 aliphatic rings. The SMILES string of the molecule is Cc1ccc(-c2nnsc2CNC(C)(C)C)c(C)c1. The number of aryl methyl sites for hydroxylation is 2. The molecule has 3 nitrogen and oxygen atoms in total. The first-order valence-electron chi connectivity index (χ1n) is 6.51. The van der Waals surface area contributed by atoms with E-state index in [9.17, 15) is 0 Å². The van der Waals surface area contributed by atoms with E-state index in [1.165, 1.54) is 33.1 Å². The molecule has 2 aromatic rings. The number of benzene rings is 1. The van der Waals surface area contributed by atoms with Crippen molar-refractivity contribution in [2.24, 2.45) is 0 Å². The predicted molar refractivity (Wildman–Crippen MR) is 81.4 cm³/mol. The molecule has 0 bridgehead atoms. The maximum absolute atomic E-state index is 4.31. The molecule has 1 heterocycles. The minimum Gasteiger partial charge on any atom is -0.307 e. The van der Waals surface area contributed by atoms with E-state index >= 15 is 0 Å². The number of hydrogen-bond donors (Lipinski definition) is 1. The van der Waals surface area contributed by atoms with Crippen molar-refractivity contribution < 1.29 is 0 Å². The van der Waals surface area contributed by atoms with Crippen LogP contribution in [0.3, 0.4) is 0 Å². The van der Waals surface area contributed by atoms with Crippen molar-refractivity contribution in [3.8, 4) is 11.3 Å². The molecule has 0 atom stereocenters. The van der Waals surface area contributed by atoms with Crippen molar-refractivity contribution in [3.05, 3.63) is 34.2 Å². The summed E-state index contributed by atoms with van der Waals surface area (Å²) in [5.41, 5.74) is 4.83. The minimum absolute atomic E-state index is 0.101. The van der Waals surface area contributed by atoms with Crippen LogP contribution >= 0.6 is 11.5 Å². The molecule has 102 valence electrons. The van der Waals surface area contributed by atoms with E-state index in [1.807, 2.05) is 0 Å². The molecule has 19 heavy (non-hydrogen) atoms. The number of aromatic nitrogens is 2. The van der Waals surface area contributed by atoms with Crippen LogP contribution in [0.1, 0.15) is 36.8 Å². The summed E-state index contributed by atoms with van der Waals surface area (Å²) in [6, 6.07) is 6.46. The molecule has 2 rings (SSSR count). The normalized spacial score (nSPS) is 11.8. The lowest BCUT2D eigenvalue weighted by Gasteiger charge is -2.20. The third-order valence-electron chi connectivity index (χ3n) is 2.97. The summed E-state index contributed by atoms with van der Waals surface area (Å²) < 4.78 is 4.11. The first kappa shape index (κ1) is 14.2. The molecular formula is C15H21N3S. The van der Waals surface area contributed by atoms with Crippen LogP contribution in [0.5, 0.6) is 0 Å². The van der Waals surface area contributed by atoms with E-state index < -0.39 is 0 Å². The van der Waals surface area contributed by atoms with Crippen LogP contribution in [0.2, 0.25) is 0 Å². The molecule has 0 saturated carbocycles. The molecular weight excluding hydrogens is 254 g/mol. The molecule has 4 heteroatoms. The van der Waals surface area contributed by atoms with Gasteiger partial charge in [-0.25, -0.2) is 0 Å². The highest BCUT2D eigenvalue weighted by Gasteiger charge is 2.15. The van der Waals surface area contributed by atoms with E-state index in [-0.39, 0.29) is 5.54 Å². The molecule has 1 N–H and O–H groups in total. The van der Waals surface area contributed by atoms with E-state index in [2.05, 4.69) is 67.7 Å². The zero-order valence-corrected chi connectivity index (χ0v) is 13.1.